The van der Waals surface area contributed by atoms with Gasteiger partial charge in [-0.2, -0.15) is 15.1 Å². The van der Waals surface area contributed by atoms with Crippen molar-refractivity contribution < 1.29 is 27.0 Å². The van der Waals surface area contributed by atoms with Gasteiger partial charge in [0.05, 0.1) is 12.1 Å². The van der Waals surface area contributed by atoms with Crippen LogP contribution in [0.15, 0.2) is 53.5 Å². The molecule has 1 aliphatic heterocycles. The summed E-state index contributed by atoms with van der Waals surface area (Å²) in [6.45, 7) is 11.7. The predicted octanol–water partition coefficient (Wildman–Crippen LogP) is 8.43. The molecule has 2 aromatic carbocycles. The molecule has 3 aromatic heterocycles. The second kappa shape index (κ2) is 15.3. The van der Waals surface area contributed by atoms with Gasteiger partial charge in [-0.05, 0) is 105 Å². The number of nitrogens with zero attached hydrogens (tertiary/aromatic N) is 9. The highest BCUT2D eigenvalue weighted by molar-refractivity contribution is 9.10. The SMILES string of the molecule is CC(C)n1nc(Br)nc1Oc1ccc(F)c(F)c1.Cc1cc(N2C[C@H]3CC[C@@H](C2)C3Cc2nc(Oc3ccc(F)c(F)c3)n(C(C)C)n2)ncn1. The Kier molecular flexibility index (Phi) is 10.9. The van der Waals surface area contributed by atoms with Crippen molar-refractivity contribution in [2.24, 2.45) is 17.8 Å². The summed E-state index contributed by atoms with van der Waals surface area (Å²) < 4.78 is 67.5. The highest BCUT2D eigenvalue weighted by Crippen LogP contribution is 2.44. The second-order valence-corrected chi connectivity index (χ2v) is 14.0. The smallest absolute Gasteiger partial charge is 0.321 e. The summed E-state index contributed by atoms with van der Waals surface area (Å²) in [5, 5.41) is 8.78. The molecule has 0 radical (unpaired) electrons. The van der Waals surface area contributed by atoms with Gasteiger partial charge in [-0.1, -0.05) is 0 Å². The number of fused-ring (bicyclic) bond motifs is 2. The third-order valence-corrected chi connectivity index (χ3v) is 9.29. The van der Waals surface area contributed by atoms with Crippen molar-refractivity contribution in [3.05, 3.63) is 88.3 Å². The van der Waals surface area contributed by atoms with Crippen LogP contribution in [0.3, 0.4) is 0 Å². The number of benzene rings is 2. The van der Waals surface area contributed by atoms with E-state index in [1.54, 1.807) is 11.0 Å². The lowest BCUT2D eigenvalue weighted by Crippen LogP contribution is -2.43. The first-order valence-corrected chi connectivity index (χ1v) is 17.5. The van der Waals surface area contributed by atoms with E-state index in [4.69, 9.17) is 14.6 Å². The van der Waals surface area contributed by atoms with Gasteiger partial charge in [-0.25, -0.2) is 36.9 Å². The summed E-state index contributed by atoms with van der Waals surface area (Å²) >= 11 is 3.13. The number of piperidine rings is 1. The molecule has 0 amide bonds. The molecule has 1 unspecified atom stereocenters. The molecule has 5 aromatic rings. The molecular formula is C35H38BrF4N9O2. The average molecular weight is 773 g/mol. The van der Waals surface area contributed by atoms with Crippen LogP contribution < -0.4 is 14.4 Å². The minimum Gasteiger partial charge on any atom is -0.424 e. The third kappa shape index (κ3) is 8.48. The maximum atomic E-state index is 13.6. The molecule has 11 nitrogen and oxygen atoms in total. The Morgan fingerprint density at radius 2 is 1.29 bits per heavy atom. The van der Waals surface area contributed by atoms with Gasteiger partial charge in [-0.3, -0.25) is 0 Å². The number of hydrogen-bond acceptors (Lipinski definition) is 9. The van der Waals surface area contributed by atoms with Crippen LogP contribution in [0.2, 0.25) is 0 Å². The highest BCUT2D eigenvalue weighted by atomic mass is 79.9. The number of rotatable bonds is 9. The van der Waals surface area contributed by atoms with E-state index in [1.807, 2.05) is 40.7 Å². The maximum Gasteiger partial charge on any atom is 0.321 e. The van der Waals surface area contributed by atoms with E-state index in [0.29, 0.717) is 28.5 Å². The van der Waals surface area contributed by atoms with Crippen molar-refractivity contribution in [1.82, 2.24) is 39.5 Å². The van der Waals surface area contributed by atoms with Crippen molar-refractivity contribution >= 4 is 21.7 Å². The van der Waals surface area contributed by atoms with Crippen molar-refractivity contribution in [3.8, 4) is 23.5 Å². The number of halogens is 5. The Labute approximate surface area is 301 Å². The van der Waals surface area contributed by atoms with Gasteiger partial charge in [0.1, 0.15) is 23.6 Å². The number of anilines is 1. The zero-order valence-corrected chi connectivity index (χ0v) is 30.4. The lowest BCUT2D eigenvalue weighted by atomic mass is 9.82. The van der Waals surface area contributed by atoms with E-state index in [1.165, 1.54) is 29.7 Å². The number of ether oxygens (including phenoxy) is 2. The Morgan fingerprint density at radius 3 is 1.82 bits per heavy atom. The largest absolute Gasteiger partial charge is 0.424 e. The molecule has 51 heavy (non-hydrogen) atoms. The summed E-state index contributed by atoms with van der Waals surface area (Å²) in [6, 6.07) is 9.36. The average Bonchev–Trinajstić information content (AvgIpc) is 3.72. The van der Waals surface area contributed by atoms with Gasteiger partial charge in [0.15, 0.2) is 29.1 Å². The van der Waals surface area contributed by atoms with E-state index in [-0.39, 0.29) is 29.6 Å². The quantitative estimate of drug-likeness (QED) is 0.137. The second-order valence-electron chi connectivity index (χ2n) is 13.3. The van der Waals surface area contributed by atoms with Crippen LogP contribution in [-0.4, -0.2) is 52.6 Å². The Bertz CT molecular complexity index is 1970. The summed E-state index contributed by atoms with van der Waals surface area (Å²) in [4.78, 5) is 19.7. The van der Waals surface area contributed by atoms with E-state index < -0.39 is 23.3 Å². The molecule has 0 N–H and O–H groups in total. The summed E-state index contributed by atoms with van der Waals surface area (Å²) in [6.07, 6.45) is 4.80. The third-order valence-electron chi connectivity index (χ3n) is 8.96. The van der Waals surface area contributed by atoms with Crippen molar-refractivity contribution in [2.75, 3.05) is 18.0 Å². The first kappa shape index (κ1) is 36.2. The van der Waals surface area contributed by atoms with Crippen LogP contribution in [0.1, 0.15) is 64.1 Å². The fourth-order valence-electron chi connectivity index (χ4n) is 6.51. The predicted molar refractivity (Wildman–Crippen MR) is 184 cm³/mol. The molecule has 1 saturated carbocycles. The van der Waals surface area contributed by atoms with E-state index in [9.17, 15) is 17.6 Å². The fourth-order valence-corrected chi connectivity index (χ4v) is 6.83. The molecule has 1 saturated heterocycles. The Morgan fingerprint density at radius 1 is 0.745 bits per heavy atom. The van der Waals surface area contributed by atoms with E-state index in [0.717, 1.165) is 61.1 Å². The minimum absolute atomic E-state index is 0.0196. The molecule has 3 atom stereocenters. The molecule has 7 rings (SSSR count). The van der Waals surface area contributed by atoms with Gasteiger partial charge in [-0.15, -0.1) is 5.10 Å². The normalized spacial score (nSPS) is 18.3. The molecule has 2 bridgehead atoms. The monoisotopic (exact) mass is 771 g/mol. The molecular weight excluding hydrogens is 734 g/mol. The van der Waals surface area contributed by atoms with Crippen molar-refractivity contribution in [2.45, 2.75) is 66.0 Å². The zero-order valence-electron chi connectivity index (χ0n) is 28.8. The van der Waals surface area contributed by atoms with Gasteiger partial charge >= 0.3 is 12.0 Å². The van der Waals surface area contributed by atoms with Gasteiger partial charge < -0.3 is 14.4 Å². The first-order chi connectivity index (χ1) is 24.3. The molecule has 2 aliphatic rings. The first-order valence-electron chi connectivity index (χ1n) is 16.7. The standard InChI is InChI=1S/C24H28F2N6O.C11H10BrF2N3O/c1-14(2)32-24(33-18-6-7-20(25)21(26)9-18)29-22(30-32)10-19-16-4-5-17(19)12-31(11-16)23-8-15(3)27-13-28-23;1-6(2)17-11(15-10(12)16-17)18-7-3-4-8(13)9(14)5-7/h6-9,13-14,16-17,19H,4-5,10-12H2,1-3H3;3-6H,1-2H3/t16-,17+,19?;. The Hall–Kier alpha value is -4.60. The van der Waals surface area contributed by atoms with Crippen molar-refractivity contribution in [3.63, 3.8) is 0 Å². The van der Waals surface area contributed by atoms with Crippen LogP contribution in [-0.2, 0) is 6.42 Å². The number of hydrogen-bond donors (Lipinski definition) is 0. The van der Waals surface area contributed by atoms with Crippen LogP contribution in [0.5, 0.6) is 23.5 Å². The maximum absolute atomic E-state index is 13.6. The highest BCUT2D eigenvalue weighted by Gasteiger charge is 2.43. The Balaban J connectivity index is 0.000000211. The summed E-state index contributed by atoms with van der Waals surface area (Å²) in [7, 11) is 0. The van der Waals surface area contributed by atoms with Gasteiger partial charge in [0, 0.05) is 43.4 Å². The van der Waals surface area contributed by atoms with Crippen LogP contribution in [0.25, 0.3) is 0 Å². The lowest BCUT2D eigenvalue weighted by Gasteiger charge is -2.38. The molecule has 2 fully saturated rings. The molecule has 16 heteroatoms. The van der Waals surface area contributed by atoms with E-state index in [2.05, 4.69) is 45.9 Å². The van der Waals surface area contributed by atoms with Crippen molar-refractivity contribution in [1.29, 1.82) is 0 Å². The fraction of sp³-hybridized carbons (Fsp3) is 0.429. The van der Waals surface area contributed by atoms with Gasteiger partial charge in [0.2, 0.25) is 4.73 Å². The summed E-state index contributed by atoms with van der Waals surface area (Å²) in [5.74, 6) is -0.0471. The van der Waals surface area contributed by atoms with Gasteiger partial charge in [0.25, 0.3) is 0 Å². The topological polar surface area (TPSA) is 109 Å². The van der Waals surface area contributed by atoms with Crippen LogP contribution in [0.4, 0.5) is 23.4 Å². The lowest BCUT2D eigenvalue weighted by molar-refractivity contribution is 0.264. The molecule has 1 aliphatic carbocycles. The zero-order chi connectivity index (χ0) is 36.4. The van der Waals surface area contributed by atoms with Crippen LogP contribution in [0, 0.1) is 47.9 Å². The minimum atomic E-state index is -0.970. The molecule has 0 spiro atoms. The molecule has 270 valence electrons. The summed E-state index contributed by atoms with van der Waals surface area (Å²) in [5.41, 5.74) is 0.978. The van der Waals surface area contributed by atoms with Crippen LogP contribution >= 0.6 is 15.9 Å². The number of aryl methyl sites for hydroxylation is 1. The number of aromatic nitrogens is 8. The van der Waals surface area contributed by atoms with E-state index >= 15 is 0 Å². The molecule has 4 heterocycles.